The lowest BCUT2D eigenvalue weighted by Gasteiger charge is -2.35. The highest BCUT2D eigenvalue weighted by atomic mass is 35.5. The van der Waals surface area contributed by atoms with E-state index < -0.39 is 0 Å². The summed E-state index contributed by atoms with van der Waals surface area (Å²) in [6, 6.07) is 7.64. The molecule has 2 atom stereocenters. The molecule has 1 heterocycles. The number of piperazine rings is 1. The number of anilines is 1. The third-order valence-electron chi connectivity index (χ3n) is 3.37. The monoisotopic (exact) mass is 306 g/mol. The fourth-order valence-corrected chi connectivity index (χ4v) is 2.88. The second-order valence-corrected chi connectivity index (χ2v) is 5.92. The Bertz CT molecular complexity index is 559. The van der Waals surface area contributed by atoms with E-state index in [1.807, 2.05) is 6.07 Å². The van der Waals surface area contributed by atoms with Crippen molar-refractivity contribution in [1.82, 2.24) is 10.2 Å². The second kappa shape index (κ2) is 6.90. The topological polar surface area (TPSA) is 68.2 Å². The summed E-state index contributed by atoms with van der Waals surface area (Å²) < 4.78 is 0. The maximum Gasteiger partial charge on any atom is 0.238 e. The van der Waals surface area contributed by atoms with Gasteiger partial charge in [0.2, 0.25) is 5.91 Å². The predicted octanol–water partition coefficient (Wildman–Crippen LogP) is 1.83. The molecule has 1 aliphatic heterocycles. The number of benzene rings is 1. The molecule has 112 valence electrons. The van der Waals surface area contributed by atoms with Crippen molar-refractivity contribution in [3.8, 4) is 6.07 Å². The minimum absolute atomic E-state index is 0.0722. The number of rotatable bonds is 3. The van der Waals surface area contributed by atoms with Gasteiger partial charge >= 0.3 is 0 Å². The first kappa shape index (κ1) is 15.8. The number of carbonyl (C=O) groups is 1. The van der Waals surface area contributed by atoms with Crippen LogP contribution in [0.2, 0.25) is 5.02 Å². The van der Waals surface area contributed by atoms with Gasteiger partial charge in [0, 0.05) is 30.9 Å². The minimum Gasteiger partial charge on any atom is -0.325 e. The molecular weight excluding hydrogens is 288 g/mol. The molecule has 0 saturated carbocycles. The van der Waals surface area contributed by atoms with Crippen LogP contribution in [0.1, 0.15) is 19.4 Å². The lowest BCUT2D eigenvalue weighted by atomic mass is 10.1. The van der Waals surface area contributed by atoms with Crippen molar-refractivity contribution in [2.75, 3.05) is 25.0 Å². The van der Waals surface area contributed by atoms with Gasteiger partial charge in [-0.25, -0.2) is 0 Å². The van der Waals surface area contributed by atoms with E-state index in [0.29, 0.717) is 34.9 Å². The summed E-state index contributed by atoms with van der Waals surface area (Å²) in [4.78, 5) is 14.2. The van der Waals surface area contributed by atoms with Crippen LogP contribution in [0.25, 0.3) is 0 Å². The van der Waals surface area contributed by atoms with Gasteiger partial charge in [0.05, 0.1) is 17.1 Å². The van der Waals surface area contributed by atoms with E-state index >= 15 is 0 Å². The Labute approximate surface area is 129 Å². The Balaban J connectivity index is 1.93. The van der Waals surface area contributed by atoms with Crippen LogP contribution in [-0.4, -0.2) is 42.5 Å². The molecule has 0 aliphatic carbocycles. The fraction of sp³-hybridized carbons (Fsp3) is 0.467. The normalized spacial score (nSPS) is 22.6. The fourth-order valence-electron chi connectivity index (χ4n) is 2.66. The van der Waals surface area contributed by atoms with Crippen molar-refractivity contribution in [1.29, 1.82) is 5.26 Å². The van der Waals surface area contributed by atoms with Gasteiger partial charge in [0.1, 0.15) is 6.07 Å². The zero-order valence-corrected chi connectivity index (χ0v) is 12.9. The van der Waals surface area contributed by atoms with Crippen LogP contribution in [0, 0.1) is 11.3 Å². The van der Waals surface area contributed by atoms with Crippen molar-refractivity contribution in [2.45, 2.75) is 25.9 Å². The average molecular weight is 307 g/mol. The Morgan fingerprint density at radius 2 is 2.14 bits per heavy atom. The molecule has 5 nitrogen and oxygen atoms in total. The van der Waals surface area contributed by atoms with Crippen molar-refractivity contribution >= 4 is 23.2 Å². The Morgan fingerprint density at radius 3 is 2.71 bits per heavy atom. The first-order chi connectivity index (χ1) is 9.97. The Kier molecular flexibility index (Phi) is 5.18. The van der Waals surface area contributed by atoms with Crippen LogP contribution in [0.5, 0.6) is 0 Å². The maximum atomic E-state index is 12.1. The number of nitrogens with zero attached hydrogens (tertiary/aromatic N) is 2. The molecule has 1 amide bonds. The summed E-state index contributed by atoms with van der Waals surface area (Å²) in [5, 5.41) is 15.4. The minimum atomic E-state index is -0.0722. The van der Waals surface area contributed by atoms with Crippen molar-refractivity contribution in [3.05, 3.63) is 28.8 Å². The molecule has 0 aromatic heterocycles. The Hall–Kier alpha value is -1.61. The number of nitriles is 1. The molecule has 2 unspecified atom stereocenters. The quantitative estimate of drug-likeness (QED) is 0.894. The molecule has 6 heteroatoms. The molecule has 1 aromatic rings. The highest BCUT2D eigenvalue weighted by Crippen LogP contribution is 2.20. The number of hydrogen-bond acceptors (Lipinski definition) is 4. The standard InChI is InChI=1S/C15H19ClN4O/c1-10-7-20(8-11(2)18-10)9-15(21)19-13-4-3-12(6-17)14(16)5-13/h3-5,10-11,18H,7-9H2,1-2H3,(H,19,21). The largest absolute Gasteiger partial charge is 0.325 e. The molecule has 0 radical (unpaired) electrons. The van der Waals surface area contributed by atoms with Crippen molar-refractivity contribution < 1.29 is 4.79 Å². The molecule has 1 saturated heterocycles. The Morgan fingerprint density at radius 1 is 1.48 bits per heavy atom. The average Bonchev–Trinajstić information content (AvgIpc) is 2.37. The SMILES string of the molecule is CC1CN(CC(=O)Nc2ccc(C#N)c(Cl)c2)CC(C)N1. The first-order valence-corrected chi connectivity index (χ1v) is 7.33. The summed E-state index contributed by atoms with van der Waals surface area (Å²) in [7, 11) is 0. The zero-order valence-electron chi connectivity index (χ0n) is 12.2. The van der Waals surface area contributed by atoms with E-state index in [2.05, 4.69) is 29.4 Å². The lowest BCUT2D eigenvalue weighted by Crippen LogP contribution is -2.55. The summed E-state index contributed by atoms with van der Waals surface area (Å²) in [5.74, 6) is -0.0722. The van der Waals surface area contributed by atoms with E-state index in [9.17, 15) is 4.79 Å². The van der Waals surface area contributed by atoms with E-state index in [1.54, 1.807) is 18.2 Å². The number of nitrogens with one attached hydrogen (secondary N) is 2. The van der Waals surface area contributed by atoms with Crippen molar-refractivity contribution in [2.24, 2.45) is 0 Å². The maximum absolute atomic E-state index is 12.1. The van der Waals surface area contributed by atoms with Gasteiger partial charge in [-0.05, 0) is 32.0 Å². The third-order valence-corrected chi connectivity index (χ3v) is 3.69. The molecule has 1 aromatic carbocycles. The number of amides is 1. The number of hydrogen-bond donors (Lipinski definition) is 2. The summed E-state index contributed by atoms with van der Waals surface area (Å²) >= 11 is 5.95. The van der Waals surface area contributed by atoms with E-state index in [1.165, 1.54) is 0 Å². The smallest absolute Gasteiger partial charge is 0.238 e. The molecule has 21 heavy (non-hydrogen) atoms. The summed E-state index contributed by atoms with van der Waals surface area (Å²) in [6.45, 7) is 6.29. The second-order valence-electron chi connectivity index (χ2n) is 5.52. The van der Waals surface area contributed by atoms with Gasteiger partial charge in [-0.1, -0.05) is 11.6 Å². The molecule has 2 rings (SSSR count). The van der Waals surface area contributed by atoms with Gasteiger partial charge in [-0.15, -0.1) is 0 Å². The van der Waals surface area contributed by atoms with Crippen LogP contribution in [0.3, 0.4) is 0 Å². The molecular formula is C15H19ClN4O. The summed E-state index contributed by atoms with van der Waals surface area (Å²) in [6.07, 6.45) is 0. The van der Waals surface area contributed by atoms with Gasteiger partial charge in [-0.3, -0.25) is 9.69 Å². The van der Waals surface area contributed by atoms with Gasteiger partial charge in [0.15, 0.2) is 0 Å². The number of halogens is 1. The highest BCUT2D eigenvalue weighted by Gasteiger charge is 2.22. The number of carbonyl (C=O) groups excluding carboxylic acids is 1. The van der Waals surface area contributed by atoms with Gasteiger partial charge in [0.25, 0.3) is 0 Å². The van der Waals surface area contributed by atoms with Crippen molar-refractivity contribution in [3.63, 3.8) is 0 Å². The van der Waals surface area contributed by atoms with E-state index in [0.717, 1.165) is 13.1 Å². The van der Waals surface area contributed by atoms with Crippen LogP contribution in [0.15, 0.2) is 18.2 Å². The highest BCUT2D eigenvalue weighted by molar-refractivity contribution is 6.32. The summed E-state index contributed by atoms with van der Waals surface area (Å²) in [5.41, 5.74) is 1.01. The van der Waals surface area contributed by atoms with E-state index in [4.69, 9.17) is 16.9 Å². The van der Waals surface area contributed by atoms with Crippen LogP contribution in [-0.2, 0) is 4.79 Å². The zero-order chi connectivity index (χ0) is 15.4. The predicted molar refractivity (Wildman–Crippen MR) is 83.3 cm³/mol. The van der Waals surface area contributed by atoms with E-state index in [-0.39, 0.29) is 5.91 Å². The lowest BCUT2D eigenvalue weighted by molar-refractivity contribution is -0.117. The van der Waals surface area contributed by atoms with Gasteiger partial charge < -0.3 is 10.6 Å². The van der Waals surface area contributed by atoms with Gasteiger partial charge in [-0.2, -0.15) is 5.26 Å². The third kappa shape index (κ3) is 4.43. The molecule has 2 N–H and O–H groups in total. The van der Waals surface area contributed by atoms with Crippen LogP contribution < -0.4 is 10.6 Å². The molecule has 1 aliphatic rings. The van der Waals surface area contributed by atoms with Crippen LogP contribution in [0.4, 0.5) is 5.69 Å². The first-order valence-electron chi connectivity index (χ1n) is 6.96. The molecule has 1 fully saturated rings. The molecule has 0 spiro atoms. The van der Waals surface area contributed by atoms with Crippen LogP contribution >= 0.6 is 11.6 Å². The molecule has 0 bridgehead atoms.